The predicted molar refractivity (Wildman–Crippen MR) is 70.8 cm³/mol. The average molecular weight is 281 g/mol. The molecule has 0 bridgehead atoms. The first-order valence-electron chi connectivity index (χ1n) is 5.89. The molecule has 1 saturated heterocycles. The Morgan fingerprint density at radius 1 is 1.63 bits per heavy atom. The predicted octanol–water partition coefficient (Wildman–Crippen LogP) is 1.55. The number of halogens is 1. The van der Waals surface area contributed by atoms with E-state index in [0.29, 0.717) is 30.2 Å². The number of hydrogen-bond acceptors (Lipinski definition) is 5. The smallest absolute Gasteiger partial charge is 0.273 e. The highest BCUT2D eigenvalue weighted by molar-refractivity contribution is 6.30. The van der Waals surface area contributed by atoms with Gasteiger partial charge < -0.3 is 5.32 Å². The van der Waals surface area contributed by atoms with E-state index in [9.17, 15) is 10.1 Å². The molecule has 0 amide bonds. The number of rotatable bonds is 3. The molecule has 1 atom stereocenters. The van der Waals surface area contributed by atoms with Crippen LogP contribution in [0.1, 0.15) is 5.56 Å². The summed E-state index contributed by atoms with van der Waals surface area (Å²) in [4.78, 5) is 12.5. The lowest BCUT2D eigenvalue weighted by molar-refractivity contribution is -0.385. The van der Waals surface area contributed by atoms with Crippen molar-refractivity contribution in [2.45, 2.75) is 12.6 Å². The molecule has 1 aromatic rings. The lowest BCUT2D eigenvalue weighted by Crippen LogP contribution is -2.50. The van der Waals surface area contributed by atoms with Crippen LogP contribution < -0.4 is 5.32 Å². The van der Waals surface area contributed by atoms with E-state index in [-0.39, 0.29) is 11.7 Å². The van der Waals surface area contributed by atoms with E-state index in [1.165, 1.54) is 12.1 Å². The van der Waals surface area contributed by atoms with Crippen LogP contribution in [0.4, 0.5) is 5.69 Å². The van der Waals surface area contributed by atoms with Gasteiger partial charge in [-0.3, -0.25) is 15.0 Å². The second kappa shape index (κ2) is 5.97. The van der Waals surface area contributed by atoms with Gasteiger partial charge in [0.1, 0.15) is 6.04 Å². The van der Waals surface area contributed by atoms with E-state index in [2.05, 4.69) is 11.4 Å². The van der Waals surface area contributed by atoms with E-state index in [4.69, 9.17) is 16.9 Å². The summed E-state index contributed by atoms with van der Waals surface area (Å²) in [6, 6.07) is 6.43. The zero-order valence-corrected chi connectivity index (χ0v) is 10.9. The summed E-state index contributed by atoms with van der Waals surface area (Å²) >= 11 is 5.89. The molecule has 1 unspecified atom stereocenters. The van der Waals surface area contributed by atoms with Gasteiger partial charge in [-0.05, 0) is 12.1 Å². The maximum Gasteiger partial charge on any atom is 0.273 e. The minimum Gasteiger partial charge on any atom is -0.313 e. The average Bonchev–Trinajstić information content (AvgIpc) is 2.39. The van der Waals surface area contributed by atoms with Crippen molar-refractivity contribution in [3.8, 4) is 6.07 Å². The Morgan fingerprint density at radius 3 is 3.11 bits per heavy atom. The second-order valence-corrected chi connectivity index (χ2v) is 4.79. The molecule has 0 radical (unpaired) electrons. The number of hydrogen-bond donors (Lipinski definition) is 1. The lowest BCUT2D eigenvalue weighted by atomic mass is 10.1. The first-order valence-corrected chi connectivity index (χ1v) is 6.27. The van der Waals surface area contributed by atoms with Crippen molar-refractivity contribution in [2.75, 3.05) is 19.6 Å². The van der Waals surface area contributed by atoms with Crippen molar-refractivity contribution in [2.24, 2.45) is 0 Å². The third-order valence-corrected chi connectivity index (χ3v) is 3.35. The van der Waals surface area contributed by atoms with E-state index in [1.54, 1.807) is 6.07 Å². The molecule has 1 N–H and O–H groups in total. The number of nitro groups is 1. The van der Waals surface area contributed by atoms with Gasteiger partial charge in [-0.2, -0.15) is 5.26 Å². The van der Waals surface area contributed by atoms with Crippen LogP contribution in [0, 0.1) is 21.4 Å². The molecule has 2 rings (SSSR count). The summed E-state index contributed by atoms with van der Waals surface area (Å²) in [7, 11) is 0. The monoisotopic (exact) mass is 280 g/mol. The quantitative estimate of drug-likeness (QED) is 0.671. The van der Waals surface area contributed by atoms with Crippen LogP contribution in [0.2, 0.25) is 5.02 Å². The summed E-state index contributed by atoms with van der Waals surface area (Å²) in [5.41, 5.74) is 0.583. The van der Waals surface area contributed by atoms with Gasteiger partial charge in [0.15, 0.2) is 0 Å². The van der Waals surface area contributed by atoms with Crippen molar-refractivity contribution in [1.29, 1.82) is 5.26 Å². The van der Waals surface area contributed by atoms with Crippen molar-refractivity contribution in [3.63, 3.8) is 0 Å². The van der Waals surface area contributed by atoms with Crippen molar-refractivity contribution < 1.29 is 4.92 Å². The number of nitrogens with one attached hydrogen (secondary N) is 1. The SMILES string of the molecule is N#CC1CNCCN1Cc1cc(Cl)ccc1[N+](=O)[O-]. The van der Waals surface area contributed by atoms with Gasteiger partial charge in [-0.1, -0.05) is 11.6 Å². The molecule has 19 heavy (non-hydrogen) atoms. The topological polar surface area (TPSA) is 82.2 Å². The van der Waals surface area contributed by atoms with Crippen LogP contribution in [0.5, 0.6) is 0 Å². The van der Waals surface area contributed by atoms with E-state index in [0.717, 1.165) is 6.54 Å². The molecule has 1 heterocycles. The summed E-state index contributed by atoms with van der Waals surface area (Å²) in [5.74, 6) is 0. The molecule has 0 spiro atoms. The van der Waals surface area contributed by atoms with Crippen LogP contribution >= 0.6 is 11.6 Å². The molecule has 7 heteroatoms. The van der Waals surface area contributed by atoms with E-state index < -0.39 is 4.92 Å². The molecule has 0 aliphatic carbocycles. The first kappa shape index (κ1) is 13.7. The Hall–Kier alpha value is -1.68. The summed E-state index contributed by atoms with van der Waals surface area (Å²) in [6.07, 6.45) is 0. The molecular weight excluding hydrogens is 268 g/mol. The molecule has 1 fully saturated rings. The summed E-state index contributed by atoms with van der Waals surface area (Å²) < 4.78 is 0. The Kier molecular flexibility index (Phi) is 4.32. The third kappa shape index (κ3) is 3.20. The molecule has 1 aliphatic rings. The number of piperazine rings is 1. The van der Waals surface area contributed by atoms with Gasteiger partial charge in [0.2, 0.25) is 0 Å². The Balaban J connectivity index is 2.24. The Bertz CT molecular complexity index is 529. The number of nitriles is 1. The highest BCUT2D eigenvalue weighted by Gasteiger charge is 2.24. The van der Waals surface area contributed by atoms with Gasteiger partial charge in [0, 0.05) is 42.8 Å². The van der Waals surface area contributed by atoms with Crippen LogP contribution in [0.3, 0.4) is 0 Å². The fourth-order valence-corrected chi connectivity index (χ4v) is 2.34. The van der Waals surface area contributed by atoms with E-state index >= 15 is 0 Å². The van der Waals surface area contributed by atoms with Crippen molar-refractivity contribution in [3.05, 3.63) is 38.9 Å². The zero-order chi connectivity index (χ0) is 13.8. The minimum atomic E-state index is -0.421. The Morgan fingerprint density at radius 2 is 2.42 bits per heavy atom. The zero-order valence-electron chi connectivity index (χ0n) is 10.2. The molecule has 0 aromatic heterocycles. The van der Waals surface area contributed by atoms with Gasteiger partial charge >= 0.3 is 0 Å². The Labute approximate surface area is 115 Å². The molecule has 6 nitrogen and oxygen atoms in total. The summed E-state index contributed by atoms with van der Waals surface area (Å²) in [5, 5.41) is 23.7. The number of nitro benzene ring substituents is 1. The van der Waals surface area contributed by atoms with Gasteiger partial charge in [0.05, 0.1) is 11.0 Å². The van der Waals surface area contributed by atoms with Crippen molar-refractivity contribution >= 4 is 17.3 Å². The lowest BCUT2D eigenvalue weighted by Gasteiger charge is -2.31. The van der Waals surface area contributed by atoms with Gasteiger partial charge in [-0.15, -0.1) is 0 Å². The second-order valence-electron chi connectivity index (χ2n) is 4.35. The fraction of sp³-hybridized carbons (Fsp3) is 0.417. The molecule has 1 aliphatic heterocycles. The van der Waals surface area contributed by atoms with E-state index in [1.807, 2.05) is 4.90 Å². The van der Waals surface area contributed by atoms with Crippen LogP contribution in [0.15, 0.2) is 18.2 Å². The molecule has 100 valence electrons. The minimum absolute atomic E-state index is 0.0413. The normalized spacial score (nSPS) is 19.9. The first-order chi connectivity index (χ1) is 9.11. The maximum atomic E-state index is 11.0. The fourth-order valence-electron chi connectivity index (χ4n) is 2.14. The van der Waals surface area contributed by atoms with Crippen LogP contribution in [0.25, 0.3) is 0 Å². The highest BCUT2D eigenvalue weighted by atomic mass is 35.5. The standard InChI is InChI=1S/C12H13ClN4O2/c13-10-1-2-12(17(18)19)9(5-10)8-16-4-3-15-7-11(16)6-14/h1-2,5,11,15H,3-4,7-8H2. The number of benzene rings is 1. The van der Waals surface area contributed by atoms with Gasteiger partial charge in [0.25, 0.3) is 5.69 Å². The molecular formula is C12H13ClN4O2. The van der Waals surface area contributed by atoms with Crippen molar-refractivity contribution in [1.82, 2.24) is 10.2 Å². The number of nitrogens with zero attached hydrogens (tertiary/aromatic N) is 3. The highest BCUT2D eigenvalue weighted by Crippen LogP contribution is 2.24. The third-order valence-electron chi connectivity index (χ3n) is 3.11. The largest absolute Gasteiger partial charge is 0.313 e. The maximum absolute atomic E-state index is 11.0. The molecule has 1 aromatic carbocycles. The summed E-state index contributed by atoms with van der Waals surface area (Å²) in [6.45, 7) is 2.39. The van der Waals surface area contributed by atoms with Gasteiger partial charge in [-0.25, -0.2) is 0 Å². The molecule has 0 saturated carbocycles. The van der Waals surface area contributed by atoms with Crippen LogP contribution in [-0.2, 0) is 6.54 Å². The van der Waals surface area contributed by atoms with Crippen LogP contribution in [-0.4, -0.2) is 35.5 Å².